The van der Waals surface area contributed by atoms with E-state index >= 15 is 0 Å². The number of carbonyl (C=O) groups is 1. The Balaban J connectivity index is 0.00000280. The maximum absolute atomic E-state index is 13.0. The molecule has 5 nitrogen and oxygen atoms in total. The zero-order valence-electron chi connectivity index (χ0n) is 15.0. The van der Waals surface area contributed by atoms with Gasteiger partial charge in [0.15, 0.2) is 0 Å². The molecule has 9 heteroatoms. The van der Waals surface area contributed by atoms with Gasteiger partial charge in [-0.05, 0) is 53.9 Å². The highest BCUT2D eigenvalue weighted by Crippen LogP contribution is 2.33. The van der Waals surface area contributed by atoms with Crippen molar-refractivity contribution in [2.75, 3.05) is 19.0 Å². The molecule has 0 fully saturated rings. The quantitative estimate of drug-likeness (QED) is 0.795. The fraction of sp³-hybridized carbons (Fsp3) is 0.316. The summed E-state index contributed by atoms with van der Waals surface area (Å²) in [6, 6.07) is 8.62. The van der Waals surface area contributed by atoms with Gasteiger partial charge in [0.25, 0.3) is 0 Å². The lowest BCUT2D eigenvalue weighted by Crippen LogP contribution is -2.32. The zero-order chi connectivity index (χ0) is 19.6. The van der Waals surface area contributed by atoms with E-state index in [1.807, 2.05) is 0 Å². The maximum atomic E-state index is 13.0. The Labute approximate surface area is 166 Å². The molecule has 1 aliphatic rings. The standard InChI is InChI=1S/C19H19F3N2O3.ClH/c1-26-16-2-3-17-12(7-16)6-13(10-27-17)18(25)24-15-5-11(9-23)4-14(8-15)19(20,21)22;/h2-5,7-8,13H,6,9-10,23H2,1H3,(H,24,25);1H. The number of methoxy groups -OCH3 is 1. The van der Waals surface area contributed by atoms with Gasteiger partial charge in [-0.1, -0.05) is 0 Å². The summed E-state index contributed by atoms with van der Waals surface area (Å²) >= 11 is 0. The van der Waals surface area contributed by atoms with Gasteiger partial charge in [0.2, 0.25) is 5.91 Å². The van der Waals surface area contributed by atoms with Crippen LogP contribution in [-0.2, 0) is 23.9 Å². The Hall–Kier alpha value is -2.45. The van der Waals surface area contributed by atoms with Crippen LogP contribution in [0.15, 0.2) is 36.4 Å². The highest BCUT2D eigenvalue weighted by atomic mass is 35.5. The number of carbonyl (C=O) groups excluding carboxylic acids is 1. The van der Waals surface area contributed by atoms with Crippen molar-refractivity contribution in [2.45, 2.75) is 19.1 Å². The van der Waals surface area contributed by atoms with Crippen molar-refractivity contribution >= 4 is 24.0 Å². The molecule has 1 aliphatic heterocycles. The van der Waals surface area contributed by atoms with Gasteiger partial charge in [-0.3, -0.25) is 4.79 Å². The van der Waals surface area contributed by atoms with Crippen LogP contribution in [0.3, 0.4) is 0 Å². The molecule has 2 aromatic rings. The van der Waals surface area contributed by atoms with Gasteiger partial charge >= 0.3 is 6.18 Å². The zero-order valence-corrected chi connectivity index (χ0v) is 15.8. The molecule has 0 spiro atoms. The number of rotatable bonds is 4. The predicted molar refractivity (Wildman–Crippen MR) is 101 cm³/mol. The molecular weight excluding hydrogens is 397 g/mol. The van der Waals surface area contributed by atoms with Gasteiger partial charge in [-0.25, -0.2) is 0 Å². The molecule has 0 bridgehead atoms. The van der Waals surface area contributed by atoms with Crippen LogP contribution in [-0.4, -0.2) is 19.6 Å². The highest BCUT2D eigenvalue weighted by molar-refractivity contribution is 5.93. The molecule has 0 aromatic heterocycles. The second-order valence-corrected chi connectivity index (χ2v) is 6.30. The number of benzene rings is 2. The van der Waals surface area contributed by atoms with Gasteiger partial charge in [0.05, 0.1) is 18.6 Å². The summed E-state index contributed by atoms with van der Waals surface area (Å²) in [6.07, 6.45) is -4.12. The van der Waals surface area contributed by atoms with E-state index in [9.17, 15) is 18.0 Å². The monoisotopic (exact) mass is 416 g/mol. The molecule has 0 saturated carbocycles. The summed E-state index contributed by atoms with van der Waals surface area (Å²) in [5.74, 6) is 0.374. The first-order chi connectivity index (χ1) is 12.8. The molecule has 1 unspecified atom stereocenters. The molecule has 2 aromatic carbocycles. The summed E-state index contributed by atoms with van der Waals surface area (Å²) in [6.45, 7) is 0.0837. The number of ether oxygens (including phenoxy) is 2. The minimum Gasteiger partial charge on any atom is -0.497 e. The number of anilines is 1. The average Bonchev–Trinajstić information content (AvgIpc) is 2.66. The number of amides is 1. The van der Waals surface area contributed by atoms with Crippen LogP contribution in [0.5, 0.6) is 11.5 Å². The topological polar surface area (TPSA) is 73.6 Å². The van der Waals surface area contributed by atoms with Crippen molar-refractivity contribution in [3.63, 3.8) is 0 Å². The smallest absolute Gasteiger partial charge is 0.416 e. The largest absolute Gasteiger partial charge is 0.497 e. The molecule has 0 radical (unpaired) electrons. The molecular formula is C19H20ClF3N2O3. The lowest BCUT2D eigenvalue weighted by atomic mass is 9.95. The van der Waals surface area contributed by atoms with Gasteiger partial charge in [-0.15, -0.1) is 12.4 Å². The highest BCUT2D eigenvalue weighted by Gasteiger charge is 2.32. The number of fused-ring (bicyclic) bond motifs is 1. The van der Waals surface area contributed by atoms with Crippen molar-refractivity contribution < 1.29 is 27.4 Å². The van der Waals surface area contributed by atoms with Crippen LogP contribution in [0, 0.1) is 5.92 Å². The van der Waals surface area contributed by atoms with Crippen LogP contribution in [0.25, 0.3) is 0 Å². The molecule has 1 amide bonds. The molecule has 1 heterocycles. The third kappa shape index (κ3) is 4.88. The van der Waals surface area contributed by atoms with Crippen LogP contribution in [0.1, 0.15) is 16.7 Å². The van der Waals surface area contributed by atoms with E-state index in [2.05, 4.69) is 5.32 Å². The van der Waals surface area contributed by atoms with E-state index in [4.69, 9.17) is 15.2 Å². The van der Waals surface area contributed by atoms with Crippen LogP contribution < -0.4 is 20.5 Å². The van der Waals surface area contributed by atoms with E-state index in [-0.39, 0.29) is 36.8 Å². The molecule has 3 N–H and O–H groups in total. The summed E-state index contributed by atoms with van der Waals surface area (Å²) in [5, 5.41) is 2.55. The van der Waals surface area contributed by atoms with Crippen molar-refractivity contribution in [3.8, 4) is 11.5 Å². The van der Waals surface area contributed by atoms with Crippen molar-refractivity contribution in [3.05, 3.63) is 53.1 Å². The summed E-state index contributed by atoms with van der Waals surface area (Å²) in [7, 11) is 1.54. The lowest BCUT2D eigenvalue weighted by Gasteiger charge is -2.25. The predicted octanol–water partition coefficient (Wildman–Crippen LogP) is 3.78. The third-order valence-electron chi connectivity index (χ3n) is 4.37. The second kappa shape index (κ2) is 8.70. The van der Waals surface area contributed by atoms with Crippen LogP contribution in [0.4, 0.5) is 18.9 Å². The Kier molecular flexibility index (Phi) is 6.79. The summed E-state index contributed by atoms with van der Waals surface area (Å²) in [5.41, 5.74) is 5.78. The Morgan fingerprint density at radius 1 is 1.29 bits per heavy atom. The molecule has 0 aliphatic carbocycles. The Morgan fingerprint density at radius 2 is 2.04 bits per heavy atom. The van der Waals surface area contributed by atoms with Crippen LogP contribution in [0.2, 0.25) is 0 Å². The molecule has 1 atom stereocenters. The van der Waals surface area contributed by atoms with Crippen molar-refractivity contribution in [2.24, 2.45) is 11.7 Å². The van der Waals surface area contributed by atoms with E-state index < -0.39 is 23.6 Å². The fourth-order valence-electron chi connectivity index (χ4n) is 2.96. The molecule has 0 saturated heterocycles. The van der Waals surface area contributed by atoms with Crippen molar-refractivity contribution in [1.29, 1.82) is 0 Å². The number of alkyl halides is 3. The minimum atomic E-state index is -4.52. The van der Waals surface area contributed by atoms with Crippen molar-refractivity contribution in [1.82, 2.24) is 0 Å². The van der Waals surface area contributed by atoms with E-state index in [0.717, 1.165) is 17.7 Å². The average molecular weight is 417 g/mol. The number of nitrogens with two attached hydrogens (primary N) is 1. The summed E-state index contributed by atoms with van der Waals surface area (Å²) in [4.78, 5) is 12.6. The first kappa shape index (κ1) is 21.8. The molecule has 152 valence electrons. The van der Waals surface area contributed by atoms with Gasteiger partial charge in [0.1, 0.15) is 18.1 Å². The molecule has 28 heavy (non-hydrogen) atoms. The van der Waals surface area contributed by atoms with Gasteiger partial charge in [-0.2, -0.15) is 13.2 Å². The van der Waals surface area contributed by atoms with Gasteiger partial charge < -0.3 is 20.5 Å². The number of hydrogen-bond acceptors (Lipinski definition) is 4. The lowest BCUT2D eigenvalue weighted by molar-refractivity contribution is -0.137. The SMILES string of the molecule is COc1ccc2c(c1)CC(C(=O)Nc1cc(CN)cc(C(F)(F)F)c1)CO2.Cl. The Morgan fingerprint density at radius 3 is 2.68 bits per heavy atom. The van der Waals surface area contributed by atoms with E-state index in [1.165, 1.54) is 13.2 Å². The number of hydrogen-bond donors (Lipinski definition) is 2. The van der Waals surface area contributed by atoms with E-state index in [1.54, 1.807) is 18.2 Å². The summed E-state index contributed by atoms with van der Waals surface area (Å²) < 4.78 is 49.9. The minimum absolute atomic E-state index is 0. The maximum Gasteiger partial charge on any atom is 0.416 e. The first-order valence-corrected chi connectivity index (χ1v) is 8.32. The fourth-order valence-corrected chi connectivity index (χ4v) is 2.96. The third-order valence-corrected chi connectivity index (χ3v) is 4.37. The number of nitrogens with one attached hydrogen (secondary N) is 1. The molecule has 3 rings (SSSR count). The van der Waals surface area contributed by atoms with Crippen LogP contribution >= 0.6 is 12.4 Å². The Bertz CT molecular complexity index is 859. The second-order valence-electron chi connectivity index (χ2n) is 6.30. The normalized spacial score (nSPS) is 15.7. The van der Waals surface area contributed by atoms with Gasteiger partial charge in [0, 0.05) is 12.2 Å². The first-order valence-electron chi connectivity index (χ1n) is 8.32. The number of halogens is 4. The van der Waals surface area contributed by atoms with E-state index in [0.29, 0.717) is 17.9 Å².